The Labute approximate surface area is 205 Å². The number of likely N-dealkylation sites (tertiary alicyclic amines) is 1. The quantitative estimate of drug-likeness (QED) is 0.579. The van der Waals surface area contributed by atoms with Gasteiger partial charge in [-0.05, 0) is 63.4 Å². The smallest absolute Gasteiger partial charge is 0.411 e. The van der Waals surface area contributed by atoms with Crippen LogP contribution >= 0.6 is 11.6 Å². The molecule has 0 saturated carbocycles. The number of benzene rings is 2. The molecule has 3 rings (SSSR count). The lowest BCUT2D eigenvalue weighted by molar-refractivity contribution is -0.120. The maximum absolute atomic E-state index is 13.3. The van der Waals surface area contributed by atoms with Crippen LogP contribution in [-0.2, 0) is 9.53 Å². The van der Waals surface area contributed by atoms with Gasteiger partial charge in [0.05, 0.1) is 32.4 Å². The Morgan fingerprint density at radius 2 is 1.62 bits per heavy atom. The van der Waals surface area contributed by atoms with Crippen LogP contribution in [0, 0.1) is 0 Å². The van der Waals surface area contributed by atoms with Crippen LogP contribution in [0.2, 0.25) is 5.02 Å². The summed E-state index contributed by atoms with van der Waals surface area (Å²) in [6.45, 7) is 5.38. The van der Waals surface area contributed by atoms with Gasteiger partial charge in [-0.2, -0.15) is 0 Å². The van der Waals surface area contributed by atoms with E-state index in [4.69, 9.17) is 30.5 Å². The van der Waals surface area contributed by atoms with Gasteiger partial charge in [0.15, 0.2) is 11.5 Å². The number of methoxy groups -OCH3 is 3. The molecule has 1 saturated heterocycles. The first kappa shape index (κ1) is 25.5. The Hall–Kier alpha value is -3.13. The maximum Gasteiger partial charge on any atom is 0.411 e. The molecule has 9 heteroatoms. The Morgan fingerprint density at radius 1 is 0.941 bits per heavy atom. The van der Waals surface area contributed by atoms with E-state index in [-0.39, 0.29) is 11.9 Å². The van der Waals surface area contributed by atoms with Crippen LogP contribution < -0.4 is 19.5 Å². The number of amides is 2. The van der Waals surface area contributed by atoms with Crippen LogP contribution in [0.5, 0.6) is 17.2 Å². The highest BCUT2D eigenvalue weighted by atomic mass is 35.5. The molecule has 8 nitrogen and oxygen atoms in total. The minimum atomic E-state index is -0.727. The molecule has 0 bridgehead atoms. The Morgan fingerprint density at radius 3 is 2.24 bits per heavy atom. The third-order valence-corrected chi connectivity index (χ3v) is 5.82. The highest BCUT2D eigenvalue weighted by molar-refractivity contribution is 6.32. The molecule has 0 unspecified atom stereocenters. The highest BCUT2D eigenvalue weighted by Crippen LogP contribution is 2.41. The number of hydrogen-bond acceptors (Lipinski definition) is 6. The van der Waals surface area contributed by atoms with Gasteiger partial charge in [0.2, 0.25) is 5.91 Å². The molecular weight excluding hydrogens is 460 g/mol. The topological polar surface area (TPSA) is 86.3 Å². The summed E-state index contributed by atoms with van der Waals surface area (Å²) < 4.78 is 21.7. The van der Waals surface area contributed by atoms with Gasteiger partial charge in [-0.25, -0.2) is 4.79 Å². The zero-order valence-electron chi connectivity index (χ0n) is 20.3. The standard InChI is InChI=1S/C25H31ClN2O6/c1-25(2,3)34-24(30)28-18(15-7-12-20(31-4)22(13-15)33-6)10-11-19(28)23(29)27-16-8-9-17(26)21(14-16)32-5/h7-9,12-14,18-19H,10-11H2,1-6H3,(H,27,29)/t18-,19+/m1/s1. The molecule has 0 aliphatic carbocycles. The van der Waals surface area contributed by atoms with Crippen molar-refractivity contribution in [2.45, 2.75) is 51.3 Å². The number of hydrogen-bond donors (Lipinski definition) is 1. The first-order valence-electron chi connectivity index (χ1n) is 11.0. The van der Waals surface area contributed by atoms with E-state index in [9.17, 15) is 9.59 Å². The van der Waals surface area contributed by atoms with E-state index in [1.165, 1.54) is 12.0 Å². The number of rotatable bonds is 6. The SMILES string of the molecule is COc1cc(NC(=O)[C@@H]2CC[C@H](c3ccc(OC)c(OC)c3)N2C(=O)OC(C)(C)C)ccc1Cl. The first-order valence-corrected chi connectivity index (χ1v) is 11.3. The van der Waals surface area contributed by atoms with Gasteiger partial charge in [0.1, 0.15) is 17.4 Å². The summed E-state index contributed by atoms with van der Waals surface area (Å²) in [6, 6.07) is 9.34. The van der Waals surface area contributed by atoms with E-state index in [0.717, 1.165) is 5.56 Å². The molecular formula is C25H31ClN2O6. The zero-order chi connectivity index (χ0) is 25.0. The average molecular weight is 491 g/mol. The molecule has 1 aliphatic heterocycles. The fourth-order valence-corrected chi connectivity index (χ4v) is 4.18. The molecule has 2 aromatic rings. The molecule has 184 valence electrons. The van der Waals surface area contributed by atoms with Crippen molar-refractivity contribution in [3.63, 3.8) is 0 Å². The van der Waals surface area contributed by atoms with Crippen molar-refractivity contribution in [3.05, 3.63) is 47.0 Å². The van der Waals surface area contributed by atoms with Crippen LogP contribution in [0.3, 0.4) is 0 Å². The van der Waals surface area contributed by atoms with Crippen LogP contribution in [-0.4, -0.2) is 49.9 Å². The predicted octanol–water partition coefficient (Wildman–Crippen LogP) is 5.45. The van der Waals surface area contributed by atoms with Crippen LogP contribution in [0.25, 0.3) is 0 Å². The third-order valence-electron chi connectivity index (χ3n) is 5.50. The lowest BCUT2D eigenvalue weighted by atomic mass is 10.0. The number of nitrogens with zero attached hydrogens (tertiary/aromatic N) is 1. The summed E-state index contributed by atoms with van der Waals surface area (Å²) in [5.74, 6) is 1.25. The van der Waals surface area contributed by atoms with Crippen LogP contribution in [0.4, 0.5) is 10.5 Å². The molecule has 0 radical (unpaired) electrons. The number of ether oxygens (including phenoxy) is 4. The van der Waals surface area contributed by atoms with Gasteiger partial charge < -0.3 is 24.3 Å². The molecule has 2 atom stereocenters. The van der Waals surface area contributed by atoms with Crippen molar-refractivity contribution < 1.29 is 28.5 Å². The summed E-state index contributed by atoms with van der Waals surface area (Å²) in [7, 11) is 4.62. The molecule has 1 aliphatic rings. The number of halogens is 1. The van der Waals surface area contributed by atoms with E-state index in [1.54, 1.807) is 59.3 Å². The Kier molecular flexibility index (Phi) is 7.82. The van der Waals surface area contributed by atoms with Crippen molar-refractivity contribution in [2.24, 2.45) is 0 Å². The molecule has 0 aromatic heterocycles. The Balaban J connectivity index is 1.92. The molecule has 1 heterocycles. The lowest BCUT2D eigenvalue weighted by Gasteiger charge is -2.32. The maximum atomic E-state index is 13.3. The second-order valence-electron chi connectivity index (χ2n) is 8.95. The van der Waals surface area contributed by atoms with Gasteiger partial charge in [0.25, 0.3) is 0 Å². The van der Waals surface area contributed by atoms with E-state index >= 15 is 0 Å². The third kappa shape index (κ3) is 5.67. The number of carbonyl (C=O) groups is 2. The largest absolute Gasteiger partial charge is 0.495 e. The number of carbonyl (C=O) groups excluding carboxylic acids is 2. The van der Waals surface area contributed by atoms with Gasteiger partial charge in [-0.3, -0.25) is 9.69 Å². The van der Waals surface area contributed by atoms with E-state index < -0.39 is 17.7 Å². The van der Waals surface area contributed by atoms with Crippen molar-refractivity contribution in [1.29, 1.82) is 0 Å². The molecule has 2 aromatic carbocycles. The average Bonchev–Trinajstić information content (AvgIpc) is 3.24. The van der Waals surface area contributed by atoms with E-state index in [0.29, 0.717) is 40.8 Å². The molecule has 0 spiro atoms. The minimum absolute atomic E-state index is 0.321. The van der Waals surface area contributed by atoms with E-state index in [1.807, 2.05) is 12.1 Å². The van der Waals surface area contributed by atoms with Gasteiger partial charge in [-0.15, -0.1) is 0 Å². The first-order chi connectivity index (χ1) is 16.1. The zero-order valence-corrected chi connectivity index (χ0v) is 21.1. The second kappa shape index (κ2) is 10.4. The molecule has 34 heavy (non-hydrogen) atoms. The lowest BCUT2D eigenvalue weighted by Crippen LogP contribution is -2.46. The second-order valence-corrected chi connectivity index (χ2v) is 9.36. The molecule has 1 fully saturated rings. The van der Waals surface area contributed by atoms with Gasteiger partial charge in [-0.1, -0.05) is 17.7 Å². The van der Waals surface area contributed by atoms with Crippen molar-refractivity contribution in [2.75, 3.05) is 26.6 Å². The minimum Gasteiger partial charge on any atom is -0.495 e. The van der Waals surface area contributed by atoms with E-state index in [2.05, 4.69) is 5.32 Å². The summed E-state index contributed by atoms with van der Waals surface area (Å²) in [4.78, 5) is 28.1. The summed E-state index contributed by atoms with van der Waals surface area (Å²) in [5.41, 5.74) is 0.628. The molecule has 1 N–H and O–H groups in total. The molecule has 2 amide bonds. The van der Waals surface area contributed by atoms with Gasteiger partial charge >= 0.3 is 6.09 Å². The summed E-state index contributed by atoms with van der Waals surface area (Å²) >= 11 is 6.09. The fourth-order valence-electron chi connectivity index (χ4n) is 3.99. The van der Waals surface area contributed by atoms with Crippen molar-refractivity contribution >= 4 is 29.3 Å². The Bertz CT molecular complexity index is 1050. The van der Waals surface area contributed by atoms with Crippen LogP contribution in [0.1, 0.15) is 45.2 Å². The number of nitrogens with one attached hydrogen (secondary N) is 1. The highest BCUT2D eigenvalue weighted by Gasteiger charge is 2.43. The van der Waals surface area contributed by atoms with Crippen molar-refractivity contribution in [3.8, 4) is 17.2 Å². The van der Waals surface area contributed by atoms with Gasteiger partial charge in [0, 0.05) is 11.8 Å². The van der Waals surface area contributed by atoms with Crippen LogP contribution in [0.15, 0.2) is 36.4 Å². The number of anilines is 1. The van der Waals surface area contributed by atoms with Crippen molar-refractivity contribution in [1.82, 2.24) is 4.90 Å². The summed E-state index contributed by atoms with van der Waals surface area (Å²) in [6.07, 6.45) is 0.490. The predicted molar refractivity (Wildman–Crippen MR) is 130 cm³/mol. The monoisotopic (exact) mass is 490 g/mol. The summed E-state index contributed by atoms with van der Waals surface area (Å²) in [5, 5.41) is 3.31. The fraction of sp³-hybridized carbons (Fsp3) is 0.440. The normalized spacial score (nSPS) is 17.8.